The number of nitro groups is 1. The fraction of sp³-hybridized carbons (Fsp3) is 0.350. The van der Waals surface area contributed by atoms with E-state index < -0.39 is 26.5 Å². The average Bonchev–Trinajstić information content (AvgIpc) is 2.78. The van der Waals surface area contributed by atoms with Gasteiger partial charge < -0.3 is 10.1 Å². The number of anilines is 1. The second-order valence-electron chi connectivity index (χ2n) is 7.00. The first kappa shape index (κ1) is 22.7. The predicted octanol–water partition coefficient (Wildman–Crippen LogP) is 1.85. The number of rotatable bonds is 8. The van der Waals surface area contributed by atoms with Crippen molar-refractivity contribution in [3.05, 3.63) is 64.2 Å². The Labute approximate surface area is 180 Å². The number of sulfonamides is 1. The number of amides is 1. The van der Waals surface area contributed by atoms with Crippen molar-refractivity contribution in [2.24, 2.45) is 0 Å². The van der Waals surface area contributed by atoms with E-state index in [1.165, 1.54) is 24.3 Å². The first-order chi connectivity index (χ1) is 14.8. The molecule has 1 unspecified atom stereocenters. The van der Waals surface area contributed by atoms with Gasteiger partial charge in [-0.05, 0) is 30.8 Å². The van der Waals surface area contributed by atoms with Gasteiger partial charge in [0.1, 0.15) is 5.69 Å². The normalized spacial score (nSPS) is 17.1. The van der Waals surface area contributed by atoms with Gasteiger partial charge in [0.2, 0.25) is 0 Å². The van der Waals surface area contributed by atoms with Gasteiger partial charge in [0.25, 0.3) is 21.6 Å². The molecule has 1 amide bonds. The zero-order chi connectivity index (χ0) is 22.4. The molecule has 10 nitrogen and oxygen atoms in total. The summed E-state index contributed by atoms with van der Waals surface area (Å²) >= 11 is 0. The van der Waals surface area contributed by atoms with Crippen molar-refractivity contribution in [1.82, 2.24) is 9.62 Å². The second-order valence-corrected chi connectivity index (χ2v) is 8.69. The summed E-state index contributed by atoms with van der Waals surface area (Å²) in [7, 11) is -4.29. The molecule has 1 atom stereocenters. The van der Waals surface area contributed by atoms with Gasteiger partial charge in [-0.2, -0.15) is 0 Å². The summed E-state index contributed by atoms with van der Waals surface area (Å²) in [5, 5.41) is 14.5. The van der Waals surface area contributed by atoms with Crippen molar-refractivity contribution in [2.45, 2.75) is 17.9 Å². The smallest absolute Gasteiger partial charge is 0.293 e. The van der Waals surface area contributed by atoms with Crippen LogP contribution < -0.4 is 10.0 Å². The minimum atomic E-state index is -4.29. The molecule has 0 bridgehead atoms. The number of ether oxygens (including phenoxy) is 1. The Kier molecular flexibility index (Phi) is 7.21. The van der Waals surface area contributed by atoms with E-state index in [0.29, 0.717) is 19.7 Å². The van der Waals surface area contributed by atoms with E-state index in [1.807, 2.05) is 4.72 Å². The average molecular weight is 449 g/mol. The highest BCUT2D eigenvalue weighted by atomic mass is 32.2. The van der Waals surface area contributed by atoms with Gasteiger partial charge in [0.05, 0.1) is 22.5 Å². The lowest BCUT2D eigenvalue weighted by atomic mass is 10.2. The largest absolute Gasteiger partial charge is 0.377 e. The summed E-state index contributed by atoms with van der Waals surface area (Å²) < 4.78 is 32.8. The van der Waals surface area contributed by atoms with Crippen LogP contribution in [0.1, 0.15) is 17.3 Å². The Morgan fingerprint density at radius 1 is 1.26 bits per heavy atom. The van der Waals surface area contributed by atoms with Gasteiger partial charge in [-0.3, -0.25) is 19.8 Å². The summed E-state index contributed by atoms with van der Waals surface area (Å²) in [6.07, 6.45) is -0.137. The van der Waals surface area contributed by atoms with Gasteiger partial charge in [0.15, 0.2) is 0 Å². The highest BCUT2D eigenvalue weighted by Crippen LogP contribution is 2.28. The third-order valence-electron chi connectivity index (χ3n) is 4.93. The summed E-state index contributed by atoms with van der Waals surface area (Å²) in [4.78, 5) is 24.9. The molecule has 1 aliphatic rings. The highest BCUT2D eigenvalue weighted by Gasteiger charge is 2.25. The fourth-order valence-electron chi connectivity index (χ4n) is 3.22. The molecule has 2 aromatic carbocycles. The van der Waals surface area contributed by atoms with Gasteiger partial charge in [-0.1, -0.05) is 25.1 Å². The van der Waals surface area contributed by atoms with E-state index in [9.17, 15) is 23.3 Å². The van der Waals surface area contributed by atoms with Crippen LogP contribution in [0.2, 0.25) is 0 Å². The molecule has 0 spiro atoms. The van der Waals surface area contributed by atoms with Crippen molar-refractivity contribution >= 4 is 27.3 Å². The molecule has 0 radical (unpaired) electrons. The molecule has 2 aromatic rings. The fourth-order valence-corrected chi connectivity index (χ4v) is 4.22. The molecule has 0 aromatic heterocycles. The second kappa shape index (κ2) is 9.86. The number of nitro benzene ring substituents is 1. The lowest BCUT2D eigenvalue weighted by Crippen LogP contribution is -2.45. The van der Waals surface area contributed by atoms with Crippen molar-refractivity contribution in [1.29, 1.82) is 0 Å². The monoisotopic (exact) mass is 448 g/mol. The minimum Gasteiger partial charge on any atom is -0.377 e. The maximum absolute atomic E-state index is 12.6. The molecule has 1 aliphatic heterocycles. The Morgan fingerprint density at radius 3 is 2.68 bits per heavy atom. The first-order valence-electron chi connectivity index (χ1n) is 9.78. The number of hydrogen-bond acceptors (Lipinski definition) is 8. The standard InChI is InChI=1S/C20H24N4O6S/c1-2-23-10-11-30-16(14-23)13-21-18-9-8-17(12-19(18)24(26)27)31(28,29)22-20(25)15-6-4-3-5-7-15/h3-9,12,16,21H,2,10-11,13-14H2,1H3,(H,22,25). The molecule has 31 heavy (non-hydrogen) atoms. The van der Waals surface area contributed by atoms with E-state index in [0.717, 1.165) is 19.2 Å². The van der Waals surface area contributed by atoms with Gasteiger partial charge in [0, 0.05) is 31.3 Å². The number of likely N-dealkylation sites (N-methyl/N-ethyl adjacent to an activating group) is 1. The van der Waals surface area contributed by atoms with Crippen LogP contribution >= 0.6 is 0 Å². The van der Waals surface area contributed by atoms with E-state index in [4.69, 9.17) is 4.74 Å². The van der Waals surface area contributed by atoms with E-state index in [-0.39, 0.29) is 22.3 Å². The van der Waals surface area contributed by atoms with Crippen LogP contribution in [-0.4, -0.2) is 63.0 Å². The minimum absolute atomic E-state index is 0.137. The molecule has 2 N–H and O–H groups in total. The Balaban J connectivity index is 1.75. The summed E-state index contributed by atoms with van der Waals surface area (Å²) in [6, 6.07) is 11.3. The maximum atomic E-state index is 12.6. The number of nitrogens with one attached hydrogen (secondary N) is 2. The quantitative estimate of drug-likeness (QED) is 0.462. The van der Waals surface area contributed by atoms with Crippen molar-refractivity contribution in [3.63, 3.8) is 0 Å². The van der Waals surface area contributed by atoms with E-state index in [1.54, 1.807) is 18.2 Å². The highest BCUT2D eigenvalue weighted by molar-refractivity contribution is 7.90. The van der Waals surface area contributed by atoms with Crippen LogP contribution in [0, 0.1) is 10.1 Å². The Hall–Kier alpha value is -3.02. The first-order valence-corrected chi connectivity index (χ1v) is 11.3. The van der Waals surface area contributed by atoms with Crippen molar-refractivity contribution < 1.29 is 22.9 Å². The molecule has 0 aliphatic carbocycles. The van der Waals surface area contributed by atoms with Gasteiger partial charge >= 0.3 is 0 Å². The van der Waals surface area contributed by atoms with Crippen molar-refractivity contribution in [3.8, 4) is 0 Å². The number of carbonyl (C=O) groups is 1. The zero-order valence-corrected chi connectivity index (χ0v) is 17.8. The number of carbonyl (C=O) groups excluding carboxylic acids is 1. The molecule has 3 rings (SSSR count). The van der Waals surface area contributed by atoms with Crippen LogP contribution in [0.3, 0.4) is 0 Å². The molecular weight excluding hydrogens is 424 g/mol. The molecule has 11 heteroatoms. The molecule has 0 saturated carbocycles. The Bertz CT molecular complexity index is 1040. The lowest BCUT2D eigenvalue weighted by Gasteiger charge is -2.32. The summed E-state index contributed by atoms with van der Waals surface area (Å²) in [6.45, 7) is 5.41. The lowest BCUT2D eigenvalue weighted by molar-refractivity contribution is -0.384. The van der Waals surface area contributed by atoms with Crippen LogP contribution in [0.25, 0.3) is 0 Å². The molecule has 1 heterocycles. The van der Waals surface area contributed by atoms with Crippen LogP contribution in [0.4, 0.5) is 11.4 Å². The third-order valence-corrected chi connectivity index (χ3v) is 6.26. The van der Waals surface area contributed by atoms with Crippen LogP contribution in [0.5, 0.6) is 0 Å². The van der Waals surface area contributed by atoms with Crippen LogP contribution in [0.15, 0.2) is 53.4 Å². The van der Waals surface area contributed by atoms with E-state index >= 15 is 0 Å². The number of morpholine rings is 1. The van der Waals surface area contributed by atoms with Gasteiger partial charge in [-0.25, -0.2) is 13.1 Å². The summed E-state index contributed by atoms with van der Waals surface area (Å²) in [5.74, 6) is -0.819. The zero-order valence-electron chi connectivity index (χ0n) is 17.0. The third kappa shape index (κ3) is 5.78. The maximum Gasteiger partial charge on any atom is 0.293 e. The van der Waals surface area contributed by atoms with E-state index in [2.05, 4.69) is 17.1 Å². The molecular formula is C20H24N4O6S. The molecule has 1 saturated heterocycles. The number of nitrogens with zero attached hydrogens (tertiary/aromatic N) is 2. The molecule has 166 valence electrons. The SMILES string of the molecule is CCN1CCOC(CNc2ccc(S(=O)(=O)NC(=O)c3ccccc3)cc2[N+](=O)[O-])C1. The number of benzene rings is 2. The predicted molar refractivity (Wildman–Crippen MR) is 115 cm³/mol. The summed E-state index contributed by atoms with van der Waals surface area (Å²) in [5.41, 5.74) is -0.0683. The van der Waals surface area contributed by atoms with Crippen molar-refractivity contribution in [2.75, 3.05) is 38.1 Å². The van der Waals surface area contributed by atoms with Crippen LogP contribution in [-0.2, 0) is 14.8 Å². The van der Waals surface area contributed by atoms with Gasteiger partial charge in [-0.15, -0.1) is 0 Å². The topological polar surface area (TPSA) is 131 Å². The molecule has 1 fully saturated rings. The number of hydrogen-bond donors (Lipinski definition) is 2. The Morgan fingerprint density at radius 2 is 2.00 bits per heavy atom.